The van der Waals surface area contributed by atoms with Crippen LogP contribution in [0.4, 0.5) is 0 Å². The van der Waals surface area contributed by atoms with Gasteiger partial charge in [0.05, 0.1) is 20.3 Å². The first-order valence-electron chi connectivity index (χ1n) is 14.6. The molecule has 1 aromatic heterocycles. The van der Waals surface area contributed by atoms with Gasteiger partial charge in [-0.3, -0.25) is 9.36 Å². The summed E-state index contributed by atoms with van der Waals surface area (Å²) in [7, 11) is -4.24. The van der Waals surface area contributed by atoms with Crippen molar-refractivity contribution >= 4 is 17.1 Å². The maximum absolute atomic E-state index is 13.6. The second-order valence-electron chi connectivity index (χ2n) is 12.4. The van der Waals surface area contributed by atoms with Gasteiger partial charge in [-0.15, -0.1) is 0 Å². The second-order valence-corrected chi connectivity index (χ2v) is 21.2. The molecule has 2 aliphatic rings. The third-order valence-electron chi connectivity index (χ3n) is 8.49. The predicted molar refractivity (Wildman–Crippen MR) is 161 cm³/mol. The van der Waals surface area contributed by atoms with Gasteiger partial charge in [-0.1, -0.05) is 67.5 Å². The highest BCUT2D eigenvalue weighted by Gasteiger charge is 2.61. The van der Waals surface area contributed by atoms with Crippen LogP contribution in [-0.4, -0.2) is 63.4 Å². The largest absolute Gasteiger partial charge is 0.497 e. The Morgan fingerprint density at radius 1 is 0.927 bits per heavy atom. The van der Waals surface area contributed by atoms with Crippen LogP contribution in [0.3, 0.4) is 0 Å². The number of methoxy groups -OCH3 is 1. The number of aliphatic hydroxyl groups is 1. The summed E-state index contributed by atoms with van der Waals surface area (Å²) < 4.78 is 34.8. The summed E-state index contributed by atoms with van der Waals surface area (Å²) >= 11 is 0. The summed E-state index contributed by atoms with van der Waals surface area (Å²) in [6, 6.07) is 8.66. The molecular formula is C29H46N2O8Si2. The van der Waals surface area contributed by atoms with Crippen molar-refractivity contribution in [2.75, 3.05) is 13.7 Å². The first kappa shape index (κ1) is 31.9. The molecule has 4 atom stereocenters. The molecule has 1 aromatic carbocycles. The van der Waals surface area contributed by atoms with E-state index in [1.807, 2.05) is 24.3 Å². The van der Waals surface area contributed by atoms with Crippen molar-refractivity contribution in [3.63, 3.8) is 0 Å². The van der Waals surface area contributed by atoms with E-state index in [-0.39, 0.29) is 35.3 Å². The highest BCUT2D eigenvalue weighted by molar-refractivity contribution is 6.84. The highest BCUT2D eigenvalue weighted by atomic mass is 28.5. The van der Waals surface area contributed by atoms with Gasteiger partial charge in [0.1, 0.15) is 24.1 Å². The number of nitrogens with zero attached hydrogens (tertiary/aromatic N) is 2. The molecule has 2 saturated heterocycles. The molecule has 3 heterocycles. The van der Waals surface area contributed by atoms with Crippen molar-refractivity contribution in [3.8, 4) is 5.75 Å². The quantitative estimate of drug-likeness (QED) is 0.444. The molecule has 1 unspecified atom stereocenters. The minimum Gasteiger partial charge on any atom is -0.497 e. The van der Waals surface area contributed by atoms with E-state index in [1.165, 1.54) is 16.8 Å². The van der Waals surface area contributed by atoms with Gasteiger partial charge in [-0.2, -0.15) is 0 Å². The van der Waals surface area contributed by atoms with E-state index in [0.29, 0.717) is 5.75 Å². The Morgan fingerprint density at radius 2 is 1.51 bits per heavy atom. The number of aromatic nitrogens is 2. The van der Waals surface area contributed by atoms with E-state index in [0.717, 1.165) is 10.1 Å². The average Bonchev–Trinajstić information content (AvgIpc) is 3.19. The lowest BCUT2D eigenvalue weighted by molar-refractivity contribution is -0.0616. The van der Waals surface area contributed by atoms with Gasteiger partial charge in [0.25, 0.3) is 5.56 Å². The first-order valence-corrected chi connectivity index (χ1v) is 18.5. The van der Waals surface area contributed by atoms with E-state index in [9.17, 15) is 14.7 Å². The predicted octanol–water partition coefficient (Wildman–Crippen LogP) is 4.28. The lowest BCUT2D eigenvalue weighted by Gasteiger charge is -2.51. The second kappa shape index (κ2) is 12.3. The van der Waals surface area contributed by atoms with Crippen molar-refractivity contribution in [1.82, 2.24) is 9.13 Å². The highest BCUT2D eigenvalue weighted by Crippen LogP contribution is 2.48. The van der Waals surface area contributed by atoms with Gasteiger partial charge in [0.15, 0.2) is 6.23 Å². The Hall–Kier alpha value is -2.07. The van der Waals surface area contributed by atoms with Crippen LogP contribution in [0.2, 0.25) is 22.2 Å². The van der Waals surface area contributed by atoms with Crippen molar-refractivity contribution in [2.24, 2.45) is 0 Å². The first-order chi connectivity index (χ1) is 19.3. The van der Waals surface area contributed by atoms with Crippen molar-refractivity contribution in [1.29, 1.82) is 0 Å². The molecular weight excluding hydrogens is 560 g/mol. The summed E-state index contributed by atoms with van der Waals surface area (Å²) in [5.41, 5.74) is 0.138. The maximum atomic E-state index is 13.6. The van der Waals surface area contributed by atoms with Gasteiger partial charge in [0.2, 0.25) is 0 Å². The van der Waals surface area contributed by atoms with Crippen LogP contribution in [0.5, 0.6) is 5.75 Å². The zero-order valence-electron chi connectivity index (χ0n) is 25.7. The Morgan fingerprint density at radius 3 is 2.05 bits per heavy atom. The van der Waals surface area contributed by atoms with Crippen LogP contribution in [0.25, 0.3) is 0 Å². The number of rotatable bonds is 8. The summed E-state index contributed by atoms with van der Waals surface area (Å²) in [6.45, 7) is 17.3. The Kier molecular flexibility index (Phi) is 9.54. The maximum Gasteiger partial charge on any atom is 0.335 e. The minimum atomic E-state index is -3.02. The SMILES string of the molecule is COc1ccc(Cn2ccc(=O)n([C@@H]3O[C@@H]4CO[Si](C(C)C)(C(C)C)O[Si](C(C)C)(C(C)C)O[C@@H]4C3O)c2=O)cc1. The third-order valence-corrected chi connectivity index (χ3v) is 18.7. The summed E-state index contributed by atoms with van der Waals surface area (Å²) in [5, 5.41) is 11.6. The molecule has 0 bridgehead atoms. The van der Waals surface area contributed by atoms with Crippen LogP contribution < -0.4 is 16.0 Å². The van der Waals surface area contributed by atoms with Crippen LogP contribution >= 0.6 is 0 Å². The molecule has 1 N–H and O–H groups in total. The molecule has 10 nitrogen and oxygen atoms in total. The van der Waals surface area contributed by atoms with Crippen molar-refractivity contribution in [3.05, 3.63) is 62.9 Å². The molecule has 12 heteroatoms. The van der Waals surface area contributed by atoms with Gasteiger partial charge in [-0.25, -0.2) is 9.36 Å². The monoisotopic (exact) mass is 606 g/mol. The summed E-state index contributed by atoms with van der Waals surface area (Å²) in [6.07, 6.45) is -2.52. The Labute approximate surface area is 244 Å². The zero-order valence-corrected chi connectivity index (χ0v) is 27.7. The lowest BCUT2D eigenvalue weighted by atomic mass is 10.1. The fourth-order valence-corrected chi connectivity index (χ4v) is 17.4. The molecule has 2 aromatic rings. The Balaban J connectivity index is 1.73. The van der Waals surface area contributed by atoms with Gasteiger partial charge in [-0.05, 0) is 39.9 Å². The fourth-order valence-electron chi connectivity index (χ4n) is 6.16. The lowest BCUT2D eigenvalue weighted by Crippen LogP contribution is -2.65. The number of ether oxygens (including phenoxy) is 2. The van der Waals surface area contributed by atoms with E-state index in [4.69, 9.17) is 22.4 Å². The van der Waals surface area contributed by atoms with Gasteiger partial charge < -0.3 is 27.5 Å². The van der Waals surface area contributed by atoms with Crippen molar-refractivity contribution < 1.29 is 27.5 Å². The molecule has 0 spiro atoms. The number of aliphatic hydroxyl groups excluding tert-OH is 1. The molecule has 2 aliphatic heterocycles. The molecule has 0 radical (unpaired) electrons. The topological polar surface area (TPSA) is 110 Å². The van der Waals surface area contributed by atoms with Gasteiger partial charge in [0, 0.05) is 12.3 Å². The van der Waals surface area contributed by atoms with Crippen LogP contribution in [0, 0.1) is 0 Å². The molecule has 0 saturated carbocycles. The van der Waals surface area contributed by atoms with Gasteiger partial charge >= 0.3 is 22.8 Å². The standard InChI is InChI=1S/C29H46N2O8Si2/c1-18(2)40(19(3)4)36-17-24-27(38-41(39-40,20(5)6)21(7)8)26(33)28(37-24)31-25(32)14-15-30(29(31)34)16-22-10-12-23(35-9)13-11-22/h10-15,18-21,24,26-28,33H,16-17H2,1-9H3/t24-,26?,27+,28-/m1/s1. The van der Waals surface area contributed by atoms with Crippen LogP contribution in [-0.2, 0) is 24.2 Å². The molecule has 228 valence electrons. The number of hydrogen-bond acceptors (Lipinski definition) is 8. The smallest absolute Gasteiger partial charge is 0.335 e. The van der Waals surface area contributed by atoms with E-state index in [2.05, 4.69) is 55.4 Å². The number of benzene rings is 1. The molecule has 0 amide bonds. The summed E-state index contributed by atoms with van der Waals surface area (Å²) in [4.78, 5) is 26.7. The number of hydrogen-bond donors (Lipinski definition) is 1. The van der Waals surface area contributed by atoms with E-state index in [1.54, 1.807) is 7.11 Å². The molecule has 2 fully saturated rings. The van der Waals surface area contributed by atoms with Crippen molar-refractivity contribution in [2.45, 2.75) is 109 Å². The molecule has 4 rings (SSSR count). The zero-order chi connectivity index (χ0) is 30.3. The van der Waals surface area contributed by atoms with Crippen LogP contribution in [0.15, 0.2) is 46.1 Å². The van der Waals surface area contributed by atoms with E-state index >= 15 is 0 Å². The molecule has 0 aliphatic carbocycles. The molecule has 41 heavy (non-hydrogen) atoms. The fraction of sp³-hybridized carbons (Fsp3) is 0.655. The normalized spacial score (nSPS) is 25.9. The average molecular weight is 607 g/mol. The minimum absolute atomic E-state index is 0.0571. The summed E-state index contributed by atoms with van der Waals surface area (Å²) in [5.74, 6) is 0.707. The third kappa shape index (κ3) is 5.80. The van der Waals surface area contributed by atoms with Crippen LogP contribution in [0.1, 0.15) is 67.2 Å². The Bertz CT molecular complexity index is 1290. The number of fused-ring (bicyclic) bond motifs is 1. The van der Waals surface area contributed by atoms with E-state index < -0.39 is 52.9 Å².